The van der Waals surface area contributed by atoms with E-state index in [1.165, 1.54) is 4.68 Å². The van der Waals surface area contributed by atoms with Crippen molar-refractivity contribution in [2.24, 2.45) is 7.05 Å². The highest BCUT2D eigenvalue weighted by Gasteiger charge is 2.26. The van der Waals surface area contributed by atoms with Crippen LogP contribution in [0.4, 0.5) is 8.78 Å². The predicted octanol–water partition coefficient (Wildman–Crippen LogP) is 3.26. The van der Waals surface area contributed by atoms with Crippen molar-refractivity contribution in [3.05, 3.63) is 33.9 Å². The summed E-state index contributed by atoms with van der Waals surface area (Å²) in [7, 11) is 1.80. The third-order valence-electron chi connectivity index (χ3n) is 3.93. The van der Waals surface area contributed by atoms with Crippen molar-refractivity contribution in [2.75, 3.05) is 0 Å². The number of halogens is 3. The molecule has 24 heavy (non-hydrogen) atoms. The first-order valence-corrected chi connectivity index (χ1v) is 7.84. The zero-order valence-electron chi connectivity index (χ0n) is 14.1. The first-order chi connectivity index (χ1) is 11.1. The van der Waals surface area contributed by atoms with Gasteiger partial charge in [-0.1, -0.05) is 11.6 Å². The highest BCUT2D eigenvalue weighted by Crippen LogP contribution is 2.30. The van der Waals surface area contributed by atoms with Gasteiger partial charge in [-0.05, 0) is 27.7 Å². The molecule has 0 unspecified atom stereocenters. The smallest absolute Gasteiger partial charge is 0.283 e. The lowest BCUT2D eigenvalue weighted by Crippen LogP contribution is -2.34. The second-order valence-electron chi connectivity index (χ2n) is 5.78. The molecule has 0 saturated heterocycles. The van der Waals surface area contributed by atoms with E-state index in [4.69, 9.17) is 11.6 Å². The van der Waals surface area contributed by atoms with E-state index in [0.29, 0.717) is 5.69 Å². The van der Waals surface area contributed by atoms with E-state index in [1.807, 2.05) is 20.0 Å². The topological polar surface area (TPSA) is 64.7 Å². The Hall–Kier alpha value is -1.96. The van der Waals surface area contributed by atoms with E-state index >= 15 is 0 Å². The Balaban J connectivity index is 2.18. The van der Waals surface area contributed by atoms with Crippen LogP contribution in [-0.4, -0.2) is 25.5 Å². The van der Waals surface area contributed by atoms with E-state index in [0.717, 1.165) is 11.3 Å². The van der Waals surface area contributed by atoms with Crippen LogP contribution < -0.4 is 5.32 Å². The Morgan fingerprint density at radius 1 is 1.29 bits per heavy atom. The largest absolute Gasteiger partial charge is 0.348 e. The molecule has 1 N–H and O–H groups in total. The number of rotatable bonds is 5. The standard InChI is InChI=1S/C15H20ClF2N5O/c1-7(11-6-22(5)20-8(11)2)19-15(24)10(4)23-9(3)12(16)13(21-23)14(17)18/h6-7,10,14H,1-5H3,(H,19,24)/t7-,10+/m0/s1. The van der Waals surface area contributed by atoms with Crippen LogP contribution in [-0.2, 0) is 11.8 Å². The minimum atomic E-state index is -2.79. The molecule has 0 aliphatic carbocycles. The zero-order chi connectivity index (χ0) is 18.2. The van der Waals surface area contributed by atoms with Crippen molar-refractivity contribution in [2.45, 2.75) is 46.2 Å². The number of nitrogens with zero attached hydrogens (tertiary/aromatic N) is 4. The molecule has 0 saturated carbocycles. The summed E-state index contributed by atoms with van der Waals surface area (Å²) in [5.74, 6) is -0.339. The van der Waals surface area contributed by atoms with Crippen molar-refractivity contribution in [3.8, 4) is 0 Å². The first-order valence-electron chi connectivity index (χ1n) is 7.46. The number of hydrogen-bond acceptors (Lipinski definition) is 3. The Morgan fingerprint density at radius 3 is 2.38 bits per heavy atom. The summed E-state index contributed by atoms with van der Waals surface area (Å²) in [4.78, 5) is 12.5. The summed E-state index contributed by atoms with van der Waals surface area (Å²) in [5, 5.41) is 10.8. The van der Waals surface area contributed by atoms with Gasteiger partial charge < -0.3 is 5.32 Å². The number of alkyl halides is 2. The van der Waals surface area contributed by atoms with Gasteiger partial charge in [-0.25, -0.2) is 8.78 Å². The molecule has 9 heteroatoms. The lowest BCUT2D eigenvalue weighted by molar-refractivity contribution is -0.124. The summed E-state index contributed by atoms with van der Waals surface area (Å²) < 4.78 is 28.7. The lowest BCUT2D eigenvalue weighted by atomic mass is 10.1. The van der Waals surface area contributed by atoms with Crippen LogP contribution in [0, 0.1) is 13.8 Å². The average Bonchev–Trinajstić information content (AvgIpc) is 2.98. The summed E-state index contributed by atoms with van der Waals surface area (Å²) in [6.07, 6.45) is -0.958. The number of aromatic nitrogens is 4. The van der Waals surface area contributed by atoms with Gasteiger partial charge in [-0.15, -0.1) is 0 Å². The molecule has 2 heterocycles. The minimum Gasteiger partial charge on any atom is -0.348 e. The van der Waals surface area contributed by atoms with E-state index in [-0.39, 0.29) is 17.0 Å². The van der Waals surface area contributed by atoms with Crippen LogP contribution in [0.5, 0.6) is 0 Å². The van der Waals surface area contributed by atoms with Gasteiger partial charge >= 0.3 is 0 Å². The molecule has 0 radical (unpaired) electrons. The number of amides is 1. The van der Waals surface area contributed by atoms with Crippen LogP contribution >= 0.6 is 11.6 Å². The van der Waals surface area contributed by atoms with Gasteiger partial charge in [0.2, 0.25) is 5.91 Å². The van der Waals surface area contributed by atoms with Crippen LogP contribution in [0.3, 0.4) is 0 Å². The summed E-state index contributed by atoms with van der Waals surface area (Å²) in [5.41, 5.74) is 1.53. The number of hydrogen-bond donors (Lipinski definition) is 1. The van der Waals surface area contributed by atoms with Gasteiger partial charge in [0.25, 0.3) is 6.43 Å². The quantitative estimate of drug-likeness (QED) is 0.891. The molecule has 0 aliphatic rings. The molecule has 2 aromatic heterocycles. The van der Waals surface area contributed by atoms with Crippen molar-refractivity contribution >= 4 is 17.5 Å². The molecule has 0 aliphatic heterocycles. The van der Waals surface area contributed by atoms with Crippen LogP contribution in [0.2, 0.25) is 5.02 Å². The number of aryl methyl sites for hydroxylation is 2. The summed E-state index contributed by atoms with van der Waals surface area (Å²) >= 11 is 5.88. The average molecular weight is 360 g/mol. The highest BCUT2D eigenvalue weighted by atomic mass is 35.5. The molecule has 2 aromatic rings. The molecule has 0 aromatic carbocycles. The van der Waals surface area contributed by atoms with E-state index in [2.05, 4.69) is 15.5 Å². The van der Waals surface area contributed by atoms with E-state index in [9.17, 15) is 13.6 Å². The molecule has 0 fully saturated rings. The zero-order valence-corrected chi connectivity index (χ0v) is 14.9. The Bertz CT molecular complexity index is 755. The predicted molar refractivity (Wildman–Crippen MR) is 86.1 cm³/mol. The maximum absolute atomic E-state index is 12.9. The molecule has 1 amide bonds. The molecule has 132 valence electrons. The Morgan fingerprint density at radius 2 is 1.92 bits per heavy atom. The van der Waals surface area contributed by atoms with Crippen molar-refractivity contribution in [3.63, 3.8) is 0 Å². The van der Waals surface area contributed by atoms with Gasteiger partial charge in [-0.2, -0.15) is 10.2 Å². The lowest BCUT2D eigenvalue weighted by Gasteiger charge is -2.18. The first kappa shape index (κ1) is 18.4. The Labute approximate surface area is 143 Å². The third kappa shape index (κ3) is 3.43. The van der Waals surface area contributed by atoms with Gasteiger partial charge in [0.15, 0.2) is 0 Å². The molecule has 2 atom stereocenters. The fourth-order valence-electron chi connectivity index (χ4n) is 2.60. The maximum atomic E-state index is 12.9. The van der Waals surface area contributed by atoms with Gasteiger partial charge in [0, 0.05) is 18.8 Å². The van der Waals surface area contributed by atoms with E-state index in [1.54, 1.807) is 25.6 Å². The fourth-order valence-corrected chi connectivity index (χ4v) is 2.81. The number of carbonyl (C=O) groups is 1. The second-order valence-corrected chi connectivity index (χ2v) is 6.16. The Kier molecular flexibility index (Phi) is 5.27. The monoisotopic (exact) mass is 359 g/mol. The van der Waals surface area contributed by atoms with Crippen molar-refractivity contribution < 1.29 is 13.6 Å². The van der Waals surface area contributed by atoms with Crippen LogP contribution in [0.25, 0.3) is 0 Å². The molecule has 2 rings (SSSR count). The summed E-state index contributed by atoms with van der Waals surface area (Å²) in [6.45, 7) is 6.83. The molecular weight excluding hydrogens is 340 g/mol. The van der Waals surface area contributed by atoms with Gasteiger partial charge in [0.1, 0.15) is 11.7 Å². The second kappa shape index (κ2) is 6.88. The SMILES string of the molecule is Cc1nn(C)cc1[C@H](C)NC(=O)[C@@H](C)n1nc(C(F)F)c(Cl)c1C. The third-order valence-corrected chi connectivity index (χ3v) is 4.40. The van der Waals surface area contributed by atoms with E-state index < -0.39 is 18.2 Å². The summed E-state index contributed by atoms with van der Waals surface area (Å²) in [6, 6.07) is -1.04. The molecular formula is C15H20ClF2N5O. The maximum Gasteiger partial charge on any atom is 0.283 e. The van der Waals surface area contributed by atoms with Gasteiger partial charge in [0.05, 0.1) is 22.5 Å². The number of nitrogens with one attached hydrogen (secondary N) is 1. The van der Waals surface area contributed by atoms with Crippen LogP contribution in [0.15, 0.2) is 6.20 Å². The van der Waals surface area contributed by atoms with Gasteiger partial charge in [-0.3, -0.25) is 14.2 Å². The van der Waals surface area contributed by atoms with Crippen molar-refractivity contribution in [1.29, 1.82) is 0 Å². The highest BCUT2D eigenvalue weighted by molar-refractivity contribution is 6.31. The van der Waals surface area contributed by atoms with Crippen molar-refractivity contribution in [1.82, 2.24) is 24.9 Å². The normalized spacial score (nSPS) is 14.0. The molecule has 0 bridgehead atoms. The fraction of sp³-hybridized carbons (Fsp3) is 0.533. The van der Waals surface area contributed by atoms with Crippen LogP contribution in [0.1, 0.15) is 55.0 Å². The molecule has 6 nitrogen and oxygen atoms in total. The molecule has 0 spiro atoms. The number of carbonyl (C=O) groups excluding carboxylic acids is 1. The minimum absolute atomic E-state index is 0.110.